The molecule has 2 aromatic rings. The van der Waals surface area contributed by atoms with Crippen molar-refractivity contribution < 1.29 is 14.5 Å². The summed E-state index contributed by atoms with van der Waals surface area (Å²) < 4.78 is 14.0. The van der Waals surface area contributed by atoms with E-state index >= 15 is 0 Å². The number of nitrogens with zero attached hydrogens (tertiary/aromatic N) is 2. The Morgan fingerprint density at radius 3 is 2.32 bits per heavy atom. The highest BCUT2D eigenvalue weighted by atomic mass is 32.3. The second-order valence-electron chi connectivity index (χ2n) is 10.5. The molecule has 3 rings (SSSR count). The summed E-state index contributed by atoms with van der Waals surface area (Å²) in [6.07, 6.45) is 11.6. The molecule has 0 atom stereocenters. The van der Waals surface area contributed by atoms with Gasteiger partial charge in [0, 0.05) is 23.4 Å². The minimum Gasteiger partial charge on any atom is -0.427 e. The van der Waals surface area contributed by atoms with Crippen LogP contribution in [0.4, 0.5) is 0 Å². The molecule has 5 nitrogen and oxygen atoms in total. The van der Waals surface area contributed by atoms with Crippen LogP contribution in [0, 0.1) is 0 Å². The Morgan fingerprint density at radius 2 is 1.77 bits per heavy atom. The van der Waals surface area contributed by atoms with Gasteiger partial charge in [0.2, 0.25) is 0 Å². The molecule has 0 aliphatic heterocycles. The van der Waals surface area contributed by atoms with Crippen molar-refractivity contribution in [2.24, 2.45) is 0 Å². The molecule has 1 aromatic carbocycles. The molecule has 1 N–H and O–H groups in total. The third-order valence-corrected chi connectivity index (χ3v) is 7.38. The molecular formula is C24H38BN2O3S. The molecule has 1 fully saturated rings. The summed E-state index contributed by atoms with van der Waals surface area (Å²) >= 11 is 0. The van der Waals surface area contributed by atoms with Gasteiger partial charge < -0.3 is 19.1 Å². The lowest BCUT2D eigenvalue weighted by Crippen LogP contribution is -2.49. The minimum absolute atomic E-state index is 0.529. The molecule has 1 saturated carbocycles. The number of benzene rings is 1. The first-order valence-corrected chi connectivity index (χ1v) is 14.0. The summed E-state index contributed by atoms with van der Waals surface area (Å²) in [7, 11) is 1.16. The van der Waals surface area contributed by atoms with Crippen LogP contribution in [0.2, 0.25) is 0 Å². The summed E-state index contributed by atoms with van der Waals surface area (Å²) in [4.78, 5) is 4.93. The van der Waals surface area contributed by atoms with E-state index in [2.05, 4.69) is 41.7 Å². The number of hydrogen-bond acceptors (Lipinski definition) is 4. The van der Waals surface area contributed by atoms with Crippen LogP contribution in [-0.2, 0) is 16.1 Å². The zero-order valence-corrected chi connectivity index (χ0v) is 21.0. The van der Waals surface area contributed by atoms with E-state index in [9.17, 15) is 5.11 Å². The van der Waals surface area contributed by atoms with Crippen molar-refractivity contribution in [3.05, 3.63) is 36.2 Å². The lowest BCUT2D eigenvalue weighted by molar-refractivity contribution is -0.0893. The number of aromatic nitrogens is 2. The van der Waals surface area contributed by atoms with E-state index in [1.165, 1.54) is 18.5 Å². The van der Waals surface area contributed by atoms with Crippen molar-refractivity contribution in [1.82, 2.24) is 9.55 Å². The van der Waals surface area contributed by atoms with E-state index in [1.54, 1.807) is 21.3 Å². The lowest BCUT2D eigenvalue weighted by atomic mass is 9.82. The Balaban J connectivity index is 1.68. The number of hydrogen-bond donors (Lipinski definition) is 1. The predicted octanol–water partition coefficient (Wildman–Crippen LogP) is 3.91. The average Bonchev–Trinajstić information content (AvgIpc) is 3.43. The van der Waals surface area contributed by atoms with Crippen molar-refractivity contribution >= 4 is 23.0 Å². The van der Waals surface area contributed by atoms with Crippen LogP contribution in [0.25, 0.3) is 11.4 Å². The number of imidazole rings is 1. The first-order chi connectivity index (χ1) is 14.4. The maximum Gasteiger partial charge on any atom is 0.330 e. The van der Waals surface area contributed by atoms with E-state index in [-0.39, 0.29) is 0 Å². The molecule has 0 amide bonds. The molecule has 1 radical (unpaired) electrons. The molecule has 1 aromatic heterocycles. The standard InChI is InChI=1S/C24H38BN2O3S/c1-23(2,28)24(3,4)30-25-20-12-10-19(11-13-20)22-26-21(18-8-9-18)16-27(22)17-29-14-15-31(5,6)7/h10-13,16,18,28H,8-9,14-15,17H2,1-7H3. The zero-order chi connectivity index (χ0) is 22.9. The molecule has 7 heteroatoms. The highest BCUT2D eigenvalue weighted by Gasteiger charge is 2.35. The summed E-state index contributed by atoms with van der Waals surface area (Å²) in [6, 6.07) is 8.19. The van der Waals surface area contributed by atoms with E-state index in [0.717, 1.165) is 29.2 Å². The van der Waals surface area contributed by atoms with Gasteiger partial charge in [-0.2, -0.15) is 0 Å². The SMILES string of the molecule is CC(C)(O)C(C)(C)O[B]c1ccc(-c2nc(C3CC3)cn2COCCS(C)(C)C)cc1. The van der Waals surface area contributed by atoms with Gasteiger partial charge in [0.25, 0.3) is 0 Å². The number of aliphatic hydroxyl groups is 1. The molecule has 1 aliphatic rings. The molecule has 0 spiro atoms. The van der Waals surface area contributed by atoms with Crippen LogP contribution >= 0.6 is 10.0 Å². The van der Waals surface area contributed by atoms with Gasteiger partial charge in [0.05, 0.1) is 23.5 Å². The zero-order valence-electron chi connectivity index (χ0n) is 20.1. The second-order valence-corrected chi connectivity index (χ2v) is 15.1. The molecule has 0 bridgehead atoms. The van der Waals surface area contributed by atoms with Crippen LogP contribution in [-0.4, -0.2) is 64.5 Å². The fourth-order valence-electron chi connectivity index (χ4n) is 2.88. The third kappa shape index (κ3) is 6.85. The smallest absolute Gasteiger partial charge is 0.330 e. The third-order valence-electron chi connectivity index (χ3n) is 5.99. The van der Waals surface area contributed by atoms with Gasteiger partial charge in [-0.15, -0.1) is 0 Å². The van der Waals surface area contributed by atoms with Crippen molar-refractivity contribution in [3.63, 3.8) is 0 Å². The predicted molar refractivity (Wildman–Crippen MR) is 133 cm³/mol. The highest BCUT2D eigenvalue weighted by Crippen LogP contribution is 2.40. The van der Waals surface area contributed by atoms with Gasteiger partial charge >= 0.3 is 7.48 Å². The summed E-state index contributed by atoms with van der Waals surface area (Å²) in [5.41, 5.74) is 1.56. The van der Waals surface area contributed by atoms with E-state index in [1.807, 2.05) is 26.0 Å². The van der Waals surface area contributed by atoms with E-state index in [0.29, 0.717) is 12.6 Å². The first-order valence-electron chi connectivity index (χ1n) is 11.0. The Hall–Kier alpha value is -1.28. The Labute approximate surface area is 190 Å². The largest absolute Gasteiger partial charge is 0.427 e. The van der Waals surface area contributed by atoms with Crippen molar-refractivity contribution in [2.75, 3.05) is 31.1 Å². The van der Waals surface area contributed by atoms with Gasteiger partial charge in [0.15, 0.2) is 0 Å². The molecule has 1 heterocycles. The van der Waals surface area contributed by atoms with Crippen molar-refractivity contribution in [2.45, 2.75) is 64.4 Å². The fourth-order valence-corrected chi connectivity index (χ4v) is 3.50. The van der Waals surface area contributed by atoms with Crippen LogP contribution in [0.1, 0.15) is 52.1 Å². The topological polar surface area (TPSA) is 56.5 Å². The minimum atomic E-state index is -0.943. The Kier molecular flexibility index (Phi) is 7.31. The molecule has 31 heavy (non-hydrogen) atoms. The van der Waals surface area contributed by atoms with Gasteiger partial charge in [-0.25, -0.2) is 15.0 Å². The highest BCUT2D eigenvalue weighted by molar-refractivity contribution is 8.32. The summed E-state index contributed by atoms with van der Waals surface area (Å²) in [5.74, 6) is 2.66. The maximum atomic E-state index is 10.3. The van der Waals surface area contributed by atoms with Gasteiger partial charge in [-0.1, -0.05) is 29.7 Å². The van der Waals surface area contributed by atoms with Crippen molar-refractivity contribution in [3.8, 4) is 11.4 Å². The Bertz CT molecular complexity index is 862. The van der Waals surface area contributed by atoms with Crippen molar-refractivity contribution in [1.29, 1.82) is 0 Å². The van der Waals surface area contributed by atoms with Gasteiger partial charge in [-0.05, 0) is 59.3 Å². The first kappa shape index (κ1) is 24.4. The quantitative estimate of drug-likeness (QED) is 0.421. The number of rotatable bonds is 11. The maximum absolute atomic E-state index is 10.3. The molecular weight excluding hydrogens is 407 g/mol. The lowest BCUT2D eigenvalue weighted by Gasteiger charge is -2.37. The molecule has 1 aliphatic carbocycles. The van der Waals surface area contributed by atoms with Crippen LogP contribution in [0.5, 0.6) is 0 Å². The van der Waals surface area contributed by atoms with Crippen LogP contribution in [0.15, 0.2) is 30.5 Å². The van der Waals surface area contributed by atoms with E-state index in [4.69, 9.17) is 14.4 Å². The van der Waals surface area contributed by atoms with Gasteiger partial charge in [0.1, 0.15) is 12.6 Å². The Morgan fingerprint density at radius 1 is 1.13 bits per heavy atom. The molecule has 0 saturated heterocycles. The monoisotopic (exact) mass is 445 g/mol. The van der Waals surface area contributed by atoms with Crippen LogP contribution < -0.4 is 5.46 Å². The molecule has 0 unspecified atom stereocenters. The number of ether oxygens (including phenoxy) is 1. The molecule has 171 valence electrons. The fraction of sp³-hybridized carbons (Fsp3) is 0.625. The van der Waals surface area contributed by atoms with Gasteiger partial charge in [-0.3, -0.25) is 0 Å². The summed E-state index contributed by atoms with van der Waals surface area (Å²) in [6.45, 7) is 8.58. The average molecular weight is 445 g/mol. The normalized spacial score (nSPS) is 15.9. The van der Waals surface area contributed by atoms with E-state index < -0.39 is 21.2 Å². The second kappa shape index (κ2) is 9.30. The van der Waals surface area contributed by atoms with Crippen LogP contribution in [0.3, 0.4) is 0 Å². The summed E-state index contributed by atoms with van der Waals surface area (Å²) in [5, 5.41) is 10.3.